The van der Waals surface area contributed by atoms with Crippen LogP contribution in [0.4, 0.5) is 5.69 Å². The van der Waals surface area contributed by atoms with Gasteiger partial charge < -0.3 is 29.5 Å². The molecule has 2 N–H and O–H groups in total. The van der Waals surface area contributed by atoms with Gasteiger partial charge in [0.15, 0.2) is 5.75 Å². The van der Waals surface area contributed by atoms with Crippen LogP contribution < -0.4 is 14.8 Å². The molecule has 0 saturated carbocycles. The van der Waals surface area contributed by atoms with Gasteiger partial charge in [0.1, 0.15) is 17.6 Å². The number of para-hydroxylation sites is 2. The smallest absolute Gasteiger partial charge is 0.258 e. The third kappa shape index (κ3) is 7.77. The average molecular weight is 602 g/mol. The molecule has 0 aliphatic carbocycles. The number of aliphatic hydroxyl groups excluding tert-OH is 1. The van der Waals surface area contributed by atoms with Crippen LogP contribution >= 0.6 is 0 Å². The Labute approximate surface area is 259 Å². The van der Waals surface area contributed by atoms with E-state index in [2.05, 4.69) is 29.3 Å². The van der Waals surface area contributed by atoms with Gasteiger partial charge in [0, 0.05) is 44.7 Å². The molecule has 44 heavy (non-hydrogen) atoms. The second-order valence-corrected chi connectivity index (χ2v) is 11.9. The van der Waals surface area contributed by atoms with Crippen molar-refractivity contribution >= 4 is 17.5 Å². The monoisotopic (exact) mass is 601 g/mol. The van der Waals surface area contributed by atoms with Gasteiger partial charge in [-0.15, -0.1) is 0 Å². The highest BCUT2D eigenvalue weighted by Gasteiger charge is 2.35. The van der Waals surface area contributed by atoms with Crippen LogP contribution in [0.25, 0.3) is 0 Å². The van der Waals surface area contributed by atoms with E-state index in [1.165, 1.54) is 0 Å². The van der Waals surface area contributed by atoms with Gasteiger partial charge in [0.2, 0.25) is 5.91 Å². The van der Waals surface area contributed by atoms with Gasteiger partial charge >= 0.3 is 0 Å². The third-order valence-electron chi connectivity index (χ3n) is 8.39. The molecule has 2 amide bonds. The predicted molar refractivity (Wildman–Crippen MR) is 169 cm³/mol. The van der Waals surface area contributed by atoms with E-state index in [1.54, 1.807) is 23.1 Å². The van der Waals surface area contributed by atoms with Gasteiger partial charge in [-0.25, -0.2) is 0 Å². The van der Waals surface area contributed by atoms with Crippen molar-refractivity contribution in [2.24, 2.45) is 11.8 Å². The molecule has 0 spiro atoms. The normalized spacial score (nSPS) is 19.8. The fourth-order valence-corrected chi connectivity index (χ4v) is 5.73. The van der Waals surface area contributed by atoms with Crippen LogP contribution in [0.5, 0.6) is 17.2 Å². The van der Waals surface area contributed by atoms with Crippen LogP contribution in [-0.2, 0) is 16.1 Å². The van der Waals surface area contributed by atoms with E-state index in [4.69, 9.17) is 14.2 Å². The minimum Gasteiger partial charge on any atom is -0.486 e. The molecule has 0 radical (unpaired) electrons. The van der Waals surface area contributed by atoms with E-state index in [-0.39, 0.29) is 42.4 Å². The number of aliphatic hydroxyl groups is 1. The van der Waals surface area contributed by atoms with Crippen LogP contribution in [-0.4, -0.2) is 78.8 Å². The van der Waals surface area contributed by atoms with Crippen LogP contribution in [0.2, 0.25) is 0 Å². The zero-order chi connectivity index (χ0) is 31.1. The quantitative estimate of drug-likeness (QED) is 0.330. The van der Waals surface area contributed by atoms with Gasteiger partial charge in [-0.1, -0.05) is 43.3 Å². The maximum absolute atomic E-state index is 13.8. The molecule has 2 heterocycles. The molecule has 9 nitrogen and oxygen atoms in total. The maximum Gasteiger partial charge on any atom is 0.258 e. The van der Waals surface area contributed by atoms with E-state index < -0.39 is 0 Å². The Morgan fingerprint density at radius 3 is 2.45 bits per heavy atom. The number of ether oxygens (including phenoxy) is 3. The van der Waals surface area contributed by atoms with E-state index in [0.717, 1.165) is 17.1 Å². The van der Waals surface area contributed by atoms with E-state index in [9.17, 15) is 14.7 Å². The summed E-state index contributed by atoms with van der Waals surface area (Å²) < 4.78 is 18.1. The molecule has 3 aromatic rings. The maximum atomic E-state index is 13.8. The molecule has 0 unspecified atom stereocenters. The minimum absolute atomic E-state index is 0.0514. The number of fused-ring (bicyclic) bond motifs is 1. The molecule has 2 aliphatic heterocycles. The van der Waals surface area contributed by atoms with Gasteiger partial charge in [0.25, 0.3) is 5.91 Å². The number of hydrogen-bond donors (Lipinski definition) is 2. The first kappa shape index (κ1) is 31.5. The van der Waals surface area contributed by atoms with Crippen LogP contribution in [0.15, 0.2) is 72.8 Å². The Bertz CT molecular complexity index is 1390. The van der Waals surface area contributed by atoms with Crippen LogP contribution in [0.1, 0.15) is 42.6 Å². The van der Waals surface area contributed by atoms with Crippen LogP contribution in [0.3, 0.4) is 0 Å². The lowest BCUT2D eigenvalue weighted by Crippen LogP contribution is -2.49. The molecule has 9 heteroatoms. The molecule has 1 saturated heterocycles. The number of rotatable bonds is 10. The van der Waals surface area contributed by atoms with Crippen molar-refractivity contribution in [3.63, 3.8) is 0 Å². The molecule has 0 aromatic heterocycles. The SMILES string of the molecule is C[C@H](CO)N1C[C@H](C)[C@@H](CN(C)Cc2ccc(Oc3ccccc3)cc2)Oc2c(NC(=O)C3CCOCC3)cccc2C1=O. The number of benzene rings is 3. The van der Waals surface area contributed by atoms with Crippen molar-refractivity contribution in [2.75, 3.05) is 45.3 Å². The molecular formula is C35H43N3O6. The lowest BCUT2D eigenvalue weighted by Gasteiger charge is -2.38. The molecule has 3 atom stereocenters. The summed E-state index contributed by atoms with van der Waals surface area (Å²) in [6.45, 7) is 6.57. The summed E-state index contributed by atoms with van der Waals surface area (Å²) in [5.41, 5.74) is 1.99. The highest BCUT2D eigenvalue weighted by atomic mass is 16.5. The summed E-state index contributed by atoms with van der Waals surface area (Å²) in [5.74, 6) is 1.42. The highest BCUT2D eigenvalue weighted by molar-refractivity contribution is 6.02. The second-order valence-electron chi connectivity index (χ2n) is 11.9. The van der Waals surface area contributed by atoms with E-state index in [0.29, 0.717) is 62.7 Å². The molecule has 5 rings (SSSR count). The Kier molecular flexibility index (Phi) is 10.5. The summed E-state index contributed by atoms with van der Waals surface area (Å²) in [4.78, 5) is 30.9. The zero-order valence-electron chi connectivity index (χ0n) is 25.8. The van der Waals surface area contributed by atoms with Gasteiger partial charge in [0.05, 0.1) is 23.9 Å². The largest absolute Gasteiger partial charge is 0.486 e. The van der Waals surface area contributed by atoms with E-state index >= 15 is 0 Å². The first-order chi connectivity index (χ1) is 21.3. The molecule has 1 fully saturated rings. The summed E-state index contributed by atoms with van der Waals surface area (Å²) in [7, 11) is 2.04. The summed E-state index contributed by atoms with van der Waals surface area (Å²) >= 11 is 0. The van der Waals surface area contributed by atoms with Crippen molar-refractivity contribution in [3.8, 4) is 17.2 Å². The molecular weight excluding hydrogens is 558 g/mol. The number of hydrogen-bond acceptors (Lipinski definition) is 7. The lowest BCUT2D eigenvalue weighted by atomic mass is 9.98. The van der Waals surface area contributed by atoms with Crippen molar-refractivity contribution < 1.29 is 28.9 Å². The number of likely N-dealkylation sites (N-methyl/N-ethyl adjacent to an activating group) is 1. The molecule has 3 aromatic carbocycles. The topological polar surface area (TPSA) is 101 Å². The highest BCUT2D eigenvalue weighted by Crippen LogP contribution is 2.35. The van der Waals surface area contributed by atoms with Crippen molar-refractivity contribution in [3.05, 3.63) is 83.9 Å². The second kappa shape index (κ2) is 14.7. The standard InChI is InChI=1S/C35H43N3O6/c1-24-20-38(25(2)23-39)35(41)30-10-7-11-31(36-34(40)27-16-18-42-19-17-27)33(30)44-32(24)22-37(3)21-26-12-14-29(15-13-26)43-28-8-5-4-6-9-28/h4-15,24-25,27,32,39H,16-23H2,1-3H3,(H,36,40)/t24-,25+,32+/m0/s1. The Hall–Kier alpha value is -3.92. The fraction of sp³-hybridized carbons (Fsp3) is 0.429. The summed E-state index contributed by atoms with van der Waals surface area (Å²) in [6, 6.07) is 22.6. The van der Waals surface area contributed by atoms with Crippen molar-refractivity contribution in [1.29, 1.82) is 0 Å². The Morgan fingerprint density at radius 1 is 1.05 bits per heavy atom. The summed E-state index contributed by atoms with van der Waals surface area (Å²) in [5, 5.41) is 13.0. The zero-order valence-corrected chi connectivity index (χ0v) is 25.8. The number of anilines is 1. The number of carbonyl (C=O) groups excluding carboxylic acids is 2. The Balaban J connectivity index is 1.34. The number of carbonyl (C=O) groups is 2. The number of nitrogens with one attached hydrogen (secondary N) is 1. The van der Waals surface area contributed by atoms with Crippen molar-refractivity contribution in [2.45, 2.75) is 45.4 Å². The first-order valence-electron chi connectivity index (χ1n) is 15.4. The van der Waals surface area contributed by atoms with Gasteiger partial charge in [-0.2, -0.15) is 0 Å². The van der Waals surface area contributed by atoms with E-state index in [1.807, 2.05) is 56.4 Å². The lowest BCUT2D eigenvalue weighted by molar-refractivity contribution is -0.122. The summed E-state index contributed by atoms with van der Waals surface area (Å²) in [6.07, 6.45) is 1.03. The molecule has 234 valence electrons. The average Bonchev–Trinajstić information content (AvgIpc) is 3.04. The van der Waals surface area contributed by atoms with Gasteiger partial charge in [-0.05, 0) is 68.8 Å². The minimum atomic E-state index is -0.369. The fourth-order valence-electron chi connectivity index (χ4n) is 5.73. The first-order valence-corrected chi connectivity index (χ1v) is 15.4. The molecule has 0 bridgehead atoms. The molecule has 2 aliphatic rings. The number of nitrogens with zero attached hydrogens (tertiary/aromatic N) is 2. The van der Waals surface area contributed by atoms with Crippen molar-refractivity contribution in [1.82, 2.24) is 9.80 Å². The predicted octanol–water partition coefficient (Wildman–Crippen LogP) is 5.20. The van der Waals surface area contributed by atoms with Gasteiger partial charge in [-0.3, -0.25) is 14.5 Å². The number of amides is 2. The van der Waals surface area contributed by atoms with Crippen LogP contribution in [0, 0.1) is 11.8 Å². The Morgan fingerprint density at radius 2 is 1.75 bits per heavy atom. The third-order valence-corrected chi connectivity index (χ3v) is 8.39.